The first-order chi connectivity index (χ1) is 8.61. The normalized spacial score (nSPS) is 12.7. The molecule has 0 fully saturated rings. The molecule has 0 aliphatic carbocycles. The molecule has 1 rings (SSSR count). The summed E-state index contributed by atoms with van der Waals surface area (Å²) in [5.74, 6) is 1.73. The van der Waals surface area contributed by atoms with E-state index in [2.05, 4.69) is 38.2 Å². The van der Waals surface area contributed by atoms with Gasteiger partial charge in [0, 0.05) is 6.04 Å². The molecule has 0 bridgehead atoms. The lowest BCUT2D eigenvalue weighted by Crippen LogP contribution is -2.28. The fourth-order valence-electron chi connectivity index (χ4n) is 1.94. The highest BCUT2D eigenvalue weighted by Gasteiger charge is 2.03. The Balaban J connectivity index is 2.20. The predicted octanol–water partition coefficient (Wildman–Crippen LogP) is 3.65. The van der Waals surface area contributed by atoms with Crippen molar-refractivity contribution in [2.24, 2.45) is 5.92 Å². The van der Waals surface area contributed by atoms with Crippen molar-refractivity contribution in [3.05, 3.63) is 29.8 Å². The number of ether oxygens (including phenoxy) is 1. The van der Waals surface area contributed by atoms with Crippen LogP contribution < -0.4 is 10.1 Å². The molecule has 2 nitrogen and oxygen atoms in total. The minimum Gasteiger partial charge on any atom is -0.497 e. The molecule has 0 spiro atoms. The molecule has 0 aliphatic heterocycles. The van der Waals surface area contributed by atoms with Crippen molar-refractivity contribution in [1.29, 1.82) is 0 Å². The van der Waals surface area contributed by atoms with E-state index in [0.29, 0.717) is 6.04 Å². The highest BCUT2D eigenvalue weighted by atomic mass is 16.5. The Labute approximate surface area is 112 Å². The van der Waals surface area contributed by atoms with E-state index in [-0.39, 0.29) is 0 Å². The first-order valence-corrected chi connectivity index (χ1v) is 6.98. The van der Waals surface area contributed by atoms with E-state index in [9.17, 15) is 0 Å². The molecule has 18 heavy (non-hydrogen) atoms. The molecule has 2 heteroatoms. The number of nitrogens with one attached hydrogen (secondary N) is 1. The molecular formula is C16H27NO. The monoisotopic (exact) mass is 249 g/mol. The standard InChI is InChI=1S/C16H27NO/c1-13(2)5-6-14(3)17-12-11-15-7-9-16(18-4)10-8-15/h7-10,13-14,17H,5-6,11-12H2,1-4H3. The summed E-state index contributed by atoms with van der Waals surface area (Å²) in [6.07, 6.45) is 3.65. The van der Waals surface area contributed by atoms with Gasteiger partial charge in [-0.25, -0.2) is 0 Å². The summed E-state index contributed by atoms with van der Waals surface area (Å²) in [5.41, 5.74) is 1.36. The lowest BCUT2D eigenvalue weighted by atomic mass is 10.0. The Morgan fingerprint density at radius 3 is 2.28 bits per heavy atom. The minimum absolute atomic E-state index is 0.616. The van der Waals surface area contributed by atoms with Crippen LogP contribution in [-0.2, 0) is 6.42 Å². The van der Waals surface area contributed by atoms with E-state index in [0.717, 1.165) is 24.6 Å². The van der Waals surface area contributed by atoms with Crippen LogP contribution in [-0.4, -0.2) is 19.7 Å². The van der Waals surface area contributed by atoms with Gasteiger partial charge in [-0.3, -0.25) is 0 Å². The number of benzene rings is 1. The van der Waals surface area contributed by atoms with Gasteiger partial charge in [0.1, 0.15) is 5.75 Å². The van der Waals surface area contributed by atoms with E-state index in [1.807, 2.05) is 12.1 Å². The molecular weight excluding hydrogens is 222 g/mol. The quantitative estimate of drug-likeness (QED) is 0.759. The maximum atomic E-state index is 5.15. The predicted molar refractivity (Wildman–Crippen MR) is 78.2 cm³/mol. The van der Waals surface area contributed by atoms with Gasteiger partial charge in [0.2, 0.25) is 0 Å². The average molecular weight is 249 g/mol. The first kappa shape index (κ1) is 15.0. The van der Waals surface area contributed by atoms with Crippen LogP contribution in [0.2, 0.25) is 0 Å². The summed E-state index contributed by atoms with van der Waals surface area (Å²) in [6, 6.07) is 8.94. The molecule has 0 aliphatic rings. The molecule has 1 aromatic carbocycles. The molecule has 0 radical (unpaired) electrons. The van der Waals surface area contributed by atoms with E-state index in [1.54, 1.807) is 7.11 Å². The second-order valence-electron chi connectivity index (χ2n) is 5.42. The van der Waals surface area contributed by atoms with E-state index >= 15 is 0 Å². The second kappa shape index (κ2) is 8.15. The fourth-order valence-corrected chi connectivity index (χ4v) is 1.94. The number of hydrogen-bond acceptors (Lipinski definition) is 2. The zero-order valence-corrected chi connectivity index (χ0v) is 12.2. The van der Waals surface area contributed by atoms with Gasteiger partial charge >= 0.3 is 0 Å². The van der Waals surface area contributed by atoms with Gasteiger partial charge < -0.3 is 10.1 Å². The molecule has 0 amide bonds. The first-order valence-electron chi connectivity index (χ1n) is 6.98. The topological polar surface area (TPSA) is 21.3 Å². The van der Waals surface area contributed by atoms with E-state index < -0.39 is 0 Å². The number of hydrogen-bond donors (Lipinski definition) is 1. The van der Waals surface area contributed by atoms with Gasteiger partial charge in [0.15, 0.2) is 0 Å². The van der Waals surface area contributed by atoms with E-state index in [4.69, 9.17) is 4.74 Å². The third-order valence-corrected chi connectivity index (χ3v) is 3.24. The summed E-state index contributed by atoms with van der Waals surface area (Å²) < 4.78 is 5.15. The van der Waals surface area contributed by atoms with Crippen molar-refractivity contribution in [3.63, 3.8) is 0 Å². The number of methoxy groups -OCH3 is 1. The van der Waals surface area contributed by atoms with Crippen LogP contribution in [0.3, 0.4) is 0 Å². The molecule has 102 valence electrons. The number of rotatable bonds is 8. The molecule has 0 heterocycles. The Hall–Kier alpha value is -1.02. The Bertz CT molecular complexity index is 318. The van der Waals surface area contributed by atoms with Crippen LogP contribution in [0.4, 0.5) is 0 Å². The zero-order chi connectivity index (χ0) is 13.4. The van der Waals surface area contributed by atoms with Crippen molar-refractivity contribution >= 4 is 0 Å². The SMILES string of the molecule is COc1ccc(CCNC(C)CCC(C)C)cc1. The molecule has 1 atom stereocenters. The summed E-state index contributed by atoms with van der Waals surface area (Å²) in [4.78, 5) is 0. The van der Waals surface area contributed by atoms with Gasteiger partial charge in [-0.1, -0.05) is 26.0 Å². The Morgan fingerprint density at radius 2 is 1.72 bits per heavy atom. The van der Waals surface area contributed by atoms with E-state index in [1.165, 1.54) is 18.4 Å². The second-order valence-corrected chi connectivity index (χ2v) is 5.42. The van der Waals surface area contributed by atoms with Gasteiger partial charge in [-0.15, -0.1) is 0 Å². The third-order valence-electron chi connectivity index (χ3n) is 3.24. The molecule has 1 unspecified atom stereocenters. The largest absolute Gasteiger partial charge is 0.497 e. The molecule has 0 saturated heterocycles. The van der Waals surface area contributed by atoms with Crippen molar-refractivity contribution < 1.29 is 4.74 Å². The minimum atomic E-state index is 0.616. The summed E-state index contributed by atoms with van der Waals surface area (Å²) in [6.45, 7) is 7.89. The summed E-state index contributed by atoms with van der Waals surface area (Å²) >= 11 is 0. The highest BCUT2D eigenvalue weighted by Crippen LogP contribution is 2.11. The molecule has 0 saturated carbocycles. The van der Waals surface area contributed by atoms with Gasteiger partial charge in [0.05, 0.1) is 7.11 Å². The maximum absolute atomic E-state index is 5.15. The van der Waals surface area contributed by atoms with Crippen molar-refractivity contribution in [3.8, 4) is 5.75 Å². The highest BCUT2D eigenvalue weighted by molar-refractivity contribution is 5.27. The van der Waals surface area contributed by atoms with Crippen LogP contribution in [0, 0.1) is 5.92 Å². The smallest absolute Gasteiger partial charge is 0.118 e. The fraction of sp³-hybridized carbons (Fsp3) is 0.625. The zero-order valence-electron chi connectivity index (χ0n) is 12.2. The van der Waals surface area contributed by atoms with Crippen molar-refractivity contribution in [2.75, 3.05) is 13.7 Å². The van der Waals surface area contributed by atoms with Crippen molar-refractivity contribution in [2.45, 2.75) is 46.1 Å². The van der Waals surface area contributed by atoms with Gasteiger partial charge in [-0.05, 0) is 56.3 Å². The molecule has 1 N–H and O–H groups in total. The van der Waals surface area contributed by atoms with Crippen LogP contribution >= 0.6 is 0 Å². The maximum Gasteiger partial charge on any atom is 0.118 e. The molecule has 1 aromatic rings. The Kier molecular flexibility index (Phi) is 6.81. The Morgan fingerprint density at radius 1 is 1.06 bits per heavy atom. The van der Waals surface area contributed by atoms with Crippen LogP contribution in [0.25, 0.3) is 0 Å². The van der Waals surface area contributed by atoms with Gasteiger partial charge in [-0.2, -0.15) is 0 Å². The summed E-state index contributed by atoms with van der Waals surface area (Å²) in [5, 5.41) is 3.58. The average Bonchev–Trinajstić information content (AvgIpc) is 2.37. The third kappa shape index (κ3) is 6.06. The van der Waals surface area contributed by atoms with Crippen LogP contribution in [0.15, 0.2) is 24.3 Å². The lowest BCUT2D eigenvalue weighted by Gasteiger charge is -2.15. The summed E-state index contributed by atoms with van der Waals surface area (Å²) in [7, 11) is 1.70. The van der Waals surface area contributed by atoms with Crippen LogP contribution in [0.1, 0.15) is 39.2 Å². The lowest BCUT2D eigenvalue weighted by molar-refractivity contribution is 0.414. The molecule has 0 aromatic heterocycles. The van der Waals surface area contributed by atoms with Gasteiger partial charge in [0.25, 0.3) is 0 Å². The van der Waals surface area contributed by atoms with Crippen molar-refractivity contribution in [1.82, 2.24) is 5.32 Å². The van der Waals surface area contributed by atoms with Crippen LogP contribution in [0.5, 0.6) is 5.75 Å².